The first-order valence-electron chi connectivity index (χ1n) is 3.17. The van der Waals surface area contributed by atoms with Crippen LogP contribution in [0.2, 0.25) is 0 Å². The number of hydrogen-bond acceptors (Lipinski definition) is 3. The summed E-state index contributed by atoms with van der Waals surface area (Å²) in [7, 11) is 0. The molecule has 2 aromatic rings. The van der Waals surface area contributed by atoms with Gasteiger partial charge in [0.05, 0.1) is 0 Å². The molecule has 0 unspecified atom stereocenters. The Labute approximate surface area is 94.6 Å². The van der Waals surface area contributed by atoms with Crippen molar-refractivity contribution >= 4 is 0 Å². The first-order chi connectivity index (χ1) is 5.47. The Morgan fingerprint density at radius 2 is 2.25 bits per heavy atom. The second-order valence-electron chi connectivity index (χ2n) is 2.01. The van der Waals surface area contributed by atoms with E-state index in [9.17, 15) is 0 Å². The number of nitrogens with zero attached hydrogens (tertiary/aromatic N) is 3. The molecule has 0 amide bonds. The quantitative estimate of drug-likeness (QED) is 0.737. The molecule has 0 aliphatic rings. The molecule has 5 heteroatoms. The SMILES string of the molecule is [Y].[c-]1ccccc1-c1nn[nH]n1. The Bertz CT molecular complexity index is 318. The number of tetrazole rings is 1. The summed E-state index contributed by atoms with van der Waals surface area (Å²) in [4.78, 5) is 0. The first kappa shape index (κ1) is 9.48. The van der Waals surface area contributed by atoms with Gasteiger partial charge in [-0.2, -0.15) is 15.4 Å². The number of aromatic amines is 1. The fourth-order valence-corrected chi connectivity index (χ4v) is 0.808. The number of rotatable bonds is 1. The normalized spacial score (nSPS) is 9.00. The van der Waals surface area contributed by atoms with Gasteiger partial charge in [0, 0.05) is 32.7 Å². The minimum absolute atomic E-state index is 0. The Morgan fingerprint density at radius 1 is 1.33 bits per heavy atom. The van der Waals surface area contributed by atoms with Crippen molar-refractivity contribution in [1.82, 2.24) is 20.6 Å². The van der Waals surface area contributed by atoms with E-state index in [0.717, 1.165) is 5.56 Å². The molecular formula is C7H5N4Y-. The molecule has 0 bridgehead atoms. The minimum atomic E-state index is 0. The third-order valence-electron chi connectivity index (χ3n) is 1.30. The number of nitrogens with one attached hydrogen (secondary N) is 1. The van der Waals surface area contributed by atoms with Crippen LogP contribution in [-0.2, 0) is 32.7 Å². The van der Waals surface area contributed by atoms with Crippen molar-refractivity contribution in [3.8, 4) is 11.4 Å². The summed E-state index contributed by atoms with van der Waals surface area (Å²) >= 11 is 0. The molecule has 1 N–H and O–H groups in total. The summed E-state index contributed by atoms with van der Waals surface area (Å²) in [6.45, 7) is 0. The molecule has 0 atom stereocenters. The average molecular weight is 234 g/mol. The van der Waals surface area contributed by atoms with Crippen LogP contribution in [-0.4, -0.2) is 20.6 Å². The molecule has 0 saturated heterocycles. The molecule has 1 radical (unpaired) electrons. The molecule has 0 spiro atoms. The molecule has 57 valence electrons. The maximum absolute atomic E-state index is 3.81. The first-order valence-corrected chi connectivity index (χ1v) is 3.17. The summed E-state index contributed by atoms with van der Waals surface area (Å²) in [6, 6.07) is 10.5. The summed E-state index contributed by atoms with van der Waals surface area (Å²) in [5.41, 5.74) is 0.848. The van der Waals surface area contributed by atoms with E-state index in [-0.39, 0.29) is 32.7 Å². The van der Waals surface area contributed by atoms with Gasteiger partial charge in [0.25, 0.3) is 0 Å². The van der Waals surface area contributed by atoms with Crippen molar-refractivity contribution in [1.29, 1.82) is 0 Å². The van der Waals surface area contributed by atoms with E-state index in [1.807, 2.05) is 24.3 Å². The van der Waals surface area contributed by atoms with Gasteiger partial charge in [-0.05, 0) is 0 Å². The van der Waals surface area contributed by atoms with Crippen molar-refractivity contribution in [3.05, 3.63) is 30.3 Å². The van der Waals surface area contributed by atoms with Gasteiger partial charge in [0.15, 0.2) is 0 Å². The standard InChI is InChI=1S/C7H5N4.Y/c1-2-4-6(5-3-1)7-8-10-11-9-7;/h1-4H,(H,8,9,10,11);/q-1;. The smallest absolute Gasteiger partial charge is 0.121 e. The maximum Gasteiger partial charge on any atom is 0.121 e. The topological polar surface area (TPSA) is 54.5 Å². The van der Waals surface area contributed by atoms with Gasteiger partial charge in [-0.25, -0.2) is 0 Å². The molecule has 0 saturated carbocycles. The van der Waals surface area contributed by atoms with Gasteiger partial charge < -0.3 is 0 Å². The van der Waals surface area contributed by atoms with Crippen LogP contribution in [0.3, 0.4) is 0 Å². The van der Waals surface area contributed by atoms with Gasteiger partial charge in [-0.3, -0.25) is 0 Å². The predicted molar refractivity (Wildman–Crippen MR) is 38.4 cm³/mol. The monoisotopic (exact) mass is 234 g/mol. The van der Waals surface area contributed by atoms with E-state index in [0.29, 0.717) is 5.82 Å². The zero-order valence-electron chi connectivity index (χ0n) is 6.23. The molecule has 12 heavy (non-hydrogen) atoms. The summed E-state index contributed by atoms with van der Waals surface area (Å²) in [5, 5.41) is 13.4. The van der Waals surface area contributed by atoms with Crippen LogP contribution in [0.1, 0.15) is 0 Å². The second-order valence-corrected chi connectivity index (χ2v) is 2.01. The number of aromatic nitrogens is 4. The molecule has 0 fully saturated rings. The predicted octanol–water partition coefficient (Wildman–Crippen LogP) is 0.664. The fourth-order valence-electron chi connectivity index (χ4n) is 0.808. The van der Waals surface area contributed by atoms with Crippen LogP contribution in [0.4, 0.5) is 0 Å². The van der Waals surface area contributed by atoms with Crippen LogP contribution in [0, 0.1) is 6.07 Å². The van der Waals surface area contributed by atoms with Gasteiger partial charge >= 0.3 is 0 Å². The minimum Gasteiger partial charge on any atom is -0.187 e. The fraction of sp³-hybridized carbons (Fsp3) is 0. The van der Waals surface area contributed by atoms with Crippen molar-refractivity contribution in [2.75, 3.05) is 0 Å². The van der Waals surface area contributed by atoms with Gasteiger partial charge in [0.1, 0.15) is 5.82 Å². The van der Waals surface area contributed by atoms with Gasteiger partial charge in [0.2, 0.25) is 0 Å². The summed E-state index contributed by atoms with van der Waals surface area (Å²) in [5.74, 6) is 0.575. The molecule has 4 nitrogen and oxygen atoms in total. The van der Waals surface area contributed by atoms with E-state index in [1.165, 1.54) is 0 Å². The number of H-pyrrole nitrogens is 1. The molecule has 2 rings (SSSR count). The third kappa shape index (κ3) is 1.96. The second kappa shape index (κ2) is 4.43. The maximum atomic E-state index is 3.81. The summed E-state index contributed by atoms with van der Waals surface area (Å²) in [6.07, 6.45) is 0. The van der Waals surface area contributed by atoms with E-state index < -0.39 is 0 Å². The molecular weight excluding hydrogens is 229 g/mol. The molecule has 1 aromatic carbocycles. The molecule has 1 aromatic heterocycles. The van der Waals surface area contributed by atoms with Crippen molar-refractivity contribution in [2.24, 2.45) is 0 Å². The van der Waals surface area contributed by atoms with E-state index in [1.54, 1.807) is 0 Å². The number of benzene rings is 1. The Hall–Kier alpha value is -0.606. The Balaban J connectivity index is 0.000000720. The molecule has 1 heterocycles. The van der Waals surface area contributed by atoms with Gasteiger partial charge in [-0.1, -0.05) is 5.21 Å². The largest absolute Gasteiger partial charge is 0.187 e. The zero-order chi connectivity index (χ0) is 7.52. The van der Waals surface area contributed by atoms with Gasteiger partial charge in [-0.15, -0.1) is 35.9 Å². The van der Waals surface area contributed by atoms with Crippen molar-refractivity contribution in [3.63, 3.8) is 0 Å². The Morgan fingerprint density at radius 3 is 2.83 bits per heavy atom. The third-order valence-corrected chi connectivity index (χ3v) is 1.30. The van der Waals surface area contributed by atoms with Crippen LogP contribution < -0.4 is 0 Å². The van der Waals surface area contributed by atoms with Crippen LogP contribution in [0.15, 0.2) is 24.3 Å². The van der Waals surface area contributed by atoms with E-state index in [4.69, 9.17) is 0 Å². The van der Waals surface area contributed by atoms with E-state index >= 15 is 0 Å². The Kier molecular flexibility index (Phi) is 3.50. The van der Waals surface area contributed by atoms with Crippen molar-refractivity contribution < 1.29 is 32.7 Å². The van der Waals surface area contributed by atoms with Crippen LogP contribution >= 0.6 is 0 Å². The number of hydrogen-bond donors (Lipinski definition) is 1. The van der Waals surface area contributed by atoms with Crippen molar-refractivity contribution in [2.45, 2.75) is 0 Å². The molecule has 0 aliphatic heterocycles. The summed E-state index contributed by atoms with van der Waals surface area (Å²) < 4.78 is 0. The molecule has 0 aliphatic carbocycles. The van der Waals surface area contributed by atoms with E-state index in [2.05, 4.69) is 26.7 Å². The average Bonchev–Trinajstić information content (AvgIpc) is 2.58. The zero-order valence-corrected chi connectivity index (χ0v) is 9.07. The van der Waals surface area contributed by atoms with Crippen LogP contribution in [0.25, 0.3) is 11.4 Å². The van der Waals surface area contributed by atoms with Crippen LogP contribution in [0.5, 0.6) is 0 Å².